The highest BCUT2D eigenvalue weighted by Crippen LogP contribution is 2.24. The minimum absolute atomic E-state index is 0.298. The Hall–Kier alpha value is -0.770. The van der Waals surface area contributed by atoms with Crippen molar-refractivity contribution in [3.63, 3.8) is 0 Å². The molecule has 2 aliphatic rings. The minimum Gasteiger partial charge on any atom is -0.501 e. The monoisotopic (exact) mass is 186 g/mol. The van der Waals surface area contributed by atoms with Crippen LogP contribution in [0.25, 0.3) is 0 Å². The van der Waals surface area contributed by atoms with Crippen molar-refractivity contribution in [1.82, 2.24) is 0 Å². The Balaban J connectivity index is 2.13. The summed E-state index contributed by atoms with van der Waals surface area (Å²) in [5.41, 5.74) is 1.03. The van der Waals surface area contributed by atoms with Crippen LogP contribution in [-0.2, 0) is 20.3 Å². The maximum Gasteiger partial charge on any atom is 0.167 e. The van der Waals surface area contributed by atoms with Gasteiger partial charge < -0.3 is 9.47 Å². The molecular formula is C8H10O3S. The average Bonchev–Trinajstić information content (AvgIpc) is 2.54. The molecule has 3 nitrogen and oxygen atoms in total. The van der Waals surface area contributed by atoms with Gasteiger partial charge in [-0.2, -0.15) is 0 Å². The van der Waals surface area contributed by atoms with Crippen molar-refractivity contribution in [2.75, 3.05) is 12.5 Å². The highest BCUT2D eigenvalue weighted by Gasteiger charge is 2.17. The molecule has 0 amide bonds. The van der Waals surface area contributed by atoms with E-state index in [-0.39, 0.29) is 0 Å². The van der Waals surface area contributed by atoms with Gasteiger partial charge in [0, 0.05) is 11.0 Å². The summed E-state index contributed by atoms with van der Waals surface area (Å²) < 4.78 is 21.3. The summed E-state index contributed by atoms with van der Waals surface area (Å²) in [5, 5.41) is 1.65. The normalized spacial score (nSPS) is 28.5. The van der Waals surface area contributed by atoms with Crippen LogP contribution in [0.15, 0.2) is 23.0 Å². The predicted molar refractivity (Wildman–Crippen MR) is 45.4 cm³/mol. The summed E-state index contributed by atoms with van der Waals surface area (Å²) in [6.07, 6.45) is 3.68. The van der Waals surface area contributed by atoms with Gasteiger partial charge in [0.25, 0.3) is 0 Å². The van der Waals surface area contributed by atoms with E-state index in [1.165, 1.54) is 0 Å². The van der Waals surface area contributed by atoms with Crippen molar-refractivity contribution in [3.8, 4) is 0 Å². The highest BCUT2D eigenvalue weighted by molar-refractivity contribution is 7.88. The van der Waals surface area contributed by atoms with E-state index in [9.17, 15) is 4.21 Å². The van der Waals surface area contributed by atoms with Gasteiger partial charge in [-0.3, -0.25) is 4.21 Å². The molecule has 0 bridgehead atoms. The molecule has 2 aliphatic heterocycles. The number of hydrogen-bond acceptors (Lipinski definition) is 3. The van der Waals surface area contributed by atoms with E-state index in [1.54, 1.807) is 11.7 Å². The Bertz CT molecular complexity index is 267. The number of allylic oxidation sites excluding steroid dienone is 1. The van der Waals surface area contributed by atoms with E-state index < -0.39 is 10.8 Å². The van der Waals surface area contributed by atoms with Gasteiger partial charge in [-0.1, -0.05) is 0 Å². The lowest BCUT2D eigenvalue weighted by atomic mass is 10.1. The van der Waals surface area contributed by atoms with Crippen molar-refractivity contribution >= 4 is 10.8 Å². The third-order valence-corrected chi connectivity index (χ3v) is 2.65. The Kier molecular flexibility index (Phi) is 2.17. The molecule has 2 rings (SSSR count). The quantitative estimate of drug-likeness (QED) is 0.618. The van der Waals surface area contributed by atoms with Gasteiger partial charge in [0.1, 0.15) is 5.76 Å². The molecule has 0 fully saturated rings. The van der Waals surface area contributed by atoms with E-state index in [1.807, 2.05) is 0 Å². The zero-order chi connectivity index (χ0) is 8.39. The molecule has 1 atom stereocenters. The van der Waals surface area contributed by atoms with Gasteiger partial charge in [0.05, 0.1) is 23.7 Å². The third-order valence-electron chi connectivity index (χ3n) is 1.82. The van der Waals surface area contributed by atoms with Crippen molar-refractivity contribution in [2.24, 2.45) is 0 Å². The van der Waals surface area contributed by atoms with E-state index in [2.05, 4.69) is 0 Å². The molecule has 0 radical (unpaired) electrons. The van der Waals surface area contributed by atoms with Gasteiger partial charge in [-0.15, -0.1) is 0 Å². The lowest BCUT2D eigenvalue weighted by Gasteiger charge is -2.13. The fourth-order valence-electron chi connectivity index (χ4n) is 1.22. The Labute approximate surface area is 73.5 Å². The van der Waals surface area contributed by atoms with E-state index in [0.717, 1.165) is 30.8 Å². The van der Waals surface area contributed by atoms with Crippen LogP contribution >= 0.6 is 0 Å². The second-order valence-electron chi connectivity index (χ2n) is 2.74. The minimum atomic E-state index is -0.935. The first-order chi connectivity index (χ1) is 5.86. The van der Waals surface area contributed by atoms with Crippen LogP contribution in [0, 0.1) is 0 Å². The topological polar surface area (TPSA) is 35.5 Å². The van der Waals surface area contributed by atoms with Gasteiger partial charge in [0.2, 0.25) is 0 Å². The summed E-state index contributed by atoms with van der Waals surface area (Å²) in [4.78, 5) is 0. The number of hydrogen-bond donors (Lipinski definition) is 0. The average molecular weight is 186 g/mol. The first kappa shape index (κ1) is 7.86. The smallest absolute Gasteiger partial charge is 0.167 e. The summed E-state index contributed by atoms with van der Waals surface area (Å²) in [7, 11) is -0.935. The maximum absolute atomic E-state index is 10.9. The standard InChI is InChI=1S/C8H10O3S/c9-12-5-8(11-6-12)7-2-1-3-10-4-7/h4-5H,1-3,6H2. The first-order valence-electron chi connectivity index (χ1n) is 3.89. The summed E-state index contributed by atoms with van der Waals surface area (Å²) in [5.74, 6) is 1.04. The molecule has 0 aromatic heterocycles. The summed E-state index contributed by atoms with van der Waals surface area (Å²) in [6.45, 7) is 0.778. The SMILES string of the molecule is O=S1C=C(C2=COCCC2)OC1. The van der Waals surface area contributed by atoms with Gasteiger partial charge in [-0.05, 0) is 12.8 Å². The van der Waals surface area contributed by atoms with Crippen molar-refractivity contribution in [3.05, 3.63) is 23.0 Å². The van der Waals surface area contributed by atoms with E-state index in [0.29, 0.717) is 5.94 Å². The van der Waals surface area contributed by atoms with Crippen LogP contribution in [0.2, 0.25) is 0 Å². The molecule has 4 heteroatoms. The number of ether oxygens (including phenoxy) is 2. The van der Waals surface area contributed by atoms with Crippen LogP contribution in [-0.4, -0.2) is 16.8 Å². The van der Waals surface area contributed by atoms with Crippen molar-refractivity contribution < 1.29 is 13.7 Å². The third kappa shape index (κ3) is 1.53. The van der Waals surface area contributed by atoms with Crippen LogP contribution in [0.3, 0.4) is 0 Å². The van der Waals surface area contributed by atoms with Crippen LogP contribution < -0.4 is 0 Å². The molecule has 0 spiro atoms. The zero-order valence-electron chi connectivity index (χ0n) is 6.62. The fourth-order valence-corrected chi connectivity index (χ4v) is 1.99. The molecule has 0 aromatic rings. The molecule has 0 saturated heterocycles. The molecule has 66 valence electrons. The first-order valence-corrected chi connectivity index (χ1v) is 5.27. The second kappa shape index (κ2) is 3.31. The van der Waals surface area contributed by atoms with Crippen LogP contribution in [0.4, 0.5) is 0 Å². The molecule has 1 unspecified atom stereocenters. The Morgan fingerprint density at radius 2 is 2.42 bits per heavy atom. The number of rotatable bonds is 1. The zero-order valence-corrected chi connectivity index (χ0v) is 7.43. The molecule has 0 aliphatic carbocycles. The summed E-state index contributed by atoms with van der Waals surface area (Å²) in [6, 6.07) is 0. The lowest BCUT2D eigenvalue weighted by molar-refractivity contribution is 0.213. The van der Waals surface area contributed by atoms with Gasteiger partial charge in [0.15, 0.2) is 5.94 Å². The lowest BCUT2D eigenvalue weighted by Crippen LogP contribution is -2.01. The molecular weight excluding hydrogens is 176 g/mol. The van der Waals surface area contributed by atoms with E-state index >= 15 is 0 Å². The van der Waals surface area contributed by atoms with Crippen molar-refractivity contribution in [2.45, 2.75) is 12.8 Å². The molecule has 0 aromatic carbocycles. The van der Waals surface area contributed by atoms with Crippen molar-refractivity contribution in [1.29, 1.82) is 0 Å². The van der Waals surface area contributed by atoms with Crippen LogP contribution in [0.5, 0.6) is 0 Å². The molecule has 0 saturated carbocycles. The largest absolute Gasteiger partial charge is 0.501 e. The Morgan fingerprint density at radius 1 is 1.50 bits per heavy atom. The van der Waals surface area contributed by atoms with Gasteiger partial charge >= 0.3 is 0 Å². The second-order valence-corrected chi connectivity index (χ2v) is 3.98. The molecule has 0 N–H and O–H groups in total. The molecule has 12 heavy (non-hydrogen) atoms. The molecule has 2 heterocycles. The van der Waals surface area contributed by atoms with Crippen LogP contribution in [0.1, 0.15) is 12.8 Å². The van der Waals surface area contributed by atoms with Gasteiger partial charge in [-0.25, -0.2) is 0 Å². The van der Waals surface area contributed by atoms with E-state index in [4.69, 9.17) is 9.47 Å². The Morgan fingerprint density at radius 3 is 3.00 bits per heavy atom. The fraction of sp³-hybridized carbons (Fsp3) is 0.500. The summed E-state index contributed by atoms with van der Waals surface area (Å²) >= 11 is 0. The highest BCUT2D eigenvalue weighted by atomic mass is 32.2. The predicted octanol–water partition coefficient (Wildman–Crippen LogP) is 1.26. The maximum atomic E-state index is 10.9.